The molecule has 2 aliphatic heterocycles. The Balaban J connectivity index is 0.00000182. The molecule has 2 heterocycles. The van der Waals surface area contributed by atoms with Crippen molar-refractivity contribution in [1.29, 1.82) is 0 Å². The van der Waals surface area contributed by atoms with Crippen LogP contribution in [0, 0.1) is 5.41 Å². The number of carbonyl (C=O) groups excluding carboxylic acids is 1. The third kappa shape index (κ3) is 5.41. The molecule has 0 aliphatic carbocycles. The van der Waals surface area contributed by atoms with E-state index in [-0.39, 0.29) is 36.8 Å². The molecule has 0 bridgehead atoms. The number of carbonyl (C=O) groups is 1. The fourth-order valence-corrected chi connectivity index (χ4v) is 3.94. The second kappa shape index (κ2) is 11.0. The lowest BCUT2D eigenvalue weighted by Crippen LogP contribution is -2.52. The molecule has 0 saturated carbocycles. The third-order valence-corrected chi connectivity index (χ3v) is 5.41. The minimum Gasteiger partial charge on any atom is -0.495 e. The summed E-state index contributed by atoms with van der Waals surface area (Å²) in [6, 6.07) is 8.21. The molecule has 2 N–H and O–H groups in total. The molecule has 1 unspecified atom stereocenters. The molecule has 0 aromatic heterocycles. The lowest BCUT2D eigenvalue weighted by molar-refractivity contribution is -0.136. The summed E-state index contributed by atoms with van der Waals surface area (Å²) in [4.78, 5) is 15.3. The number of nitrogens with zero attached hydrogens (tertiary/aromatic N) is 1. The first kappa shape index (κ1) is 23.8. The number of nitrogens with one attached hydrogen (secondary N) is 2. The highest BCUT2D eigenvalue weighted by atomic mass is 35.5. The van der Waals surface area contributed by atoms with E-state index in [9.17, 15) is 4.79 Å². The highest BCUT2D eigenvalue weighted by Gasteiger charge is 2.41. The molecule has 1 aromatic carbocycles. The Hall–Kier alpha value is -1.21. The first-order chi connectivity index (χ1) is 12.2. The van der Waals surface area contributed by atoms with Crippen molar-refractivity contribution in [2.75, 3.05) is 51.9 Å². The lowest BCUT2D eigenvalue weighted by atomic mass is 9.78. The van der Waals surface area contributed by atoms with Crippen molar-refractivity contribution in [2.45, 2.75) is 25.3 Å². The van der Waals surface area contributed by atoms with Gasteiger partial charge in [-0.2, -0.15) is 0 Å². The van der Waals surface area contributed by atoms with Crippen molar-refractivity contribution in [3.63, 3.8) is 0 Å². The van der Waals surface area contributed by atoms with Gasteiger partial charge in [0, 0.05) is 26.2 Å². The Morgan fingerprint density at radius 3 is 2.63 bits per heavy atom. The molecule has 2 fully saturated rings. The third-order valence-electron chi connectivity index (χ3n) is 5.41. The molecule has 8 heteroatoms. The molecule has 0 radical (unpaired) electrons. The van der Waals surface area contributed by atoms with Crippen molar-refractivity contribution in [3.05, 3.63) is 24.3 Å². The topological polar surface area (TPSA) is 62.8 Å². The van der Waals surface area contributed by atoms with Crippen LogP contribution < -0.4 is 20.3 Å². The molecular weight excluding hydrogens is 389 g/mol. The smallest absolute Gasteiger partial charge is 0.228 e. The van der Waals surface area contributed by atoms with Crippen LogP contribution in [0.5, 0.6) is 5.75 Å². The van der Waals surface area contributed by atoms with Crippen LogP contribution in [0.25, 0.3) is 0 Å². The minimum atomic E-state index is -0.391. The van der Waals surface area contributed by atoms with E-state index in [0.717, 1.165) is 56.9 Å². The van der Waals surface area contributed by atoms with Gasteiger partial charge in [-0.15, -0.1) is 24.8 Å². The number of para-hydroxylation sites is 2. The molecule has 1 aromatic rings. The van der Waals surface area contributed by atoms with Gasteiger partial charge in [0.2, 0.25) is 5.91 Å². The van der Waals surface area contributed by atoms with Crippen LogP contribution in [0.3, 0.4) is 0 Å². The lowest BCUT2D eigenvalue weighted by Gasteiger charge is -2.36. The Kier molecular flexibility index (Phi) is 9.67. The second-order valence-electron chi connectivity index (χ2n) is 7.04. The molecule has 1 amide bonds. The van der Waals surface area contributed by atoms with Crippen molar-refractivity contribution < 1.29 is 14.3 Å². The zero-order chi connectivity index (χ0) is 17.7. The van der Waals surface area contributed by atoms with Crippen LogP contribution in [-0.2, 0) is 9.53 Å². The fourth-order valence-electron chi connectivity index (χ4n) is 3.94. The normalized spacial score (nSPS) is 21.0. The first-order valence-electron chi connectivity index (χ1n) is 9.07. The molecule has 1 atom stereocenters. The SMILES string of the molecule is COCC1(C(=O)NC2CCN(c3ccccc3OC)C2)CCNCC1.Cl.Cl. The number of piperidine rings is 1. The number of hydrogen-bond donors (Lipinski definition) is 2. The summed E-state index contributed by atoms with van der Waals surface area (Å²) >= 11 is 0. The summed E-state index contributed by atoms with van der Waals surface area (Å²) < 4.78 is 10.8. The number of halogens is 2. The van der Waals surface area contributed by atoms with Crippen LogP contribution in [0.1, 0.15) is 19.3 Å². The van der Waals surface area contributed by atoms with Crippen molar-refractivity contribution in [2.24, 2.45) is 5.41 Å². The molecule has 154 valence electrons. The predicted molar refractivity (Wildman–Crippen MR) is 113 cm³/mol. The number of amides is 1. The summed E-state index contributed by atoms with van der Waals surface area (Å²) in [6.45, 7) is 3.96. The van der Waals surface area contributed by atoms with E-state index >= 15 is 0 Å². The monoisotopic (exact) mass is 419 g/mol. The average molecular weight is 420 g/mol. The maximum atomic E-state index is 13.0. The number of methoxy groups -OCH3 is 2. The molecule has 2 saturated heterocycles. The Bertz CT molecular complexity index is 592. The molecule has 0 spiro atoms. The van der Waals surface area contributed by atoms with Gasteiger partial charge in [-0.3, -0.25) is 4.79 Å². The van der Waals surface area contributed by atoms with E-state index in [2.05, 4.69) is 21.6 Å². The average Bonchev–Trinajstić information content (AvgIpc) is 3.11. The number of anilines is 1. The molecule has 3 rings (SSSR count). The molecule has 27 heavy (non-hydrogen) atoms. The Labute approximate surface area is 174 Å². The van der Waals surface area contributed by atoms with Gasteiger partial charge in [0.1, 0.15) is 5.75 Å². The standard InChI is InChI=1S/C19H29N3O3.2ClH/c1-24-14-19(8-10-20-11-9-19)18(23)21-15-7-12-22(13-15)16-5-3-4-6-17(16)25-2;;/h3-6,15,20H,7-14H2,1-2H3,(H,21,23);2*1H. The van der Waals surface area contributed by atoms with E-state index in [1.165, 1.54) is 0 Å². The zero-order valence-electron chi connectivity index (χ0n) is 16.0. The summed E-state index contributed by atoms with van der Waals surface area (Å²) in [5.74, 6) is 1.02. The van der Waals surface area contributed by atoms with Crippen LogP contribution in [0.4, 0.5) is 5.69 Å². The first-order valence-corrected chi connectivity index (χ1v) is 9.07. The largest absolute Gasteiger partial charge is 0.495 e. The molecule has 6 nitrogen and oxygen atoms in total. The van der Waals surface area contributed by atoms with Crippen LogP contribution >= 0.6 is 24.8 Å². The van der Waals surface area contributed by atoms with E-state index in [1.54, 1.807) is 14.2 Å². The highest BCUT2D eigenvalue weighted by Crippen LogP contribution is 2.32. The Morgan fingerprint density at radius 1 is 1.26 bits per heavy atom. The highest BCUT2D eigenvalue weighted by molar-refractivity contribution is 5.85. The maximum absolute atomic E-state index is 13.0. The van der Waals surface area contributed by atoms with Crippen molar-refractivity contribution >= 4 is 36.4 Å². The van der Waals surface area contributed by atoms with Gasteiger partial charge in [-0.1, -0.05) is 12.1 Å². The van der Waals surface area contributed by atoms with Gasteiger partial charge >= 0.3 is 0 Å². The Morgan fingerprint density at radius 2 is 1.96 bits per heavy atom. The summed E-state index contributed by atoms with van der Waals surface area (Å²) in [5.41, 5.74) is 0.702. The van der Waals surface area contributed by atoms with Crippen molar-refractivity contribution in [1.82, 2.24) is 10.6 Å². The minimum absolute atomic E-state index is 0. The van der Waals surface area contributed by atoms with E-state index in [1.807, 2.05) is 18.2 Å². The van der Waals surface area contributed by atoms with Crippen molar-refractivity contribution in [3.8, 4) is 5.75 Å². The van der Waals surface area contributed by atoms with Gasteiger partial charge in [-0.05, 0) is 44.5 Å². The van der Waals surface area contributed by atoms with Gasteiger partial charge in [0.15, 0.2) is 0 Å². The van der Waals surface area contributed by atoms with Gasteiger partial charge < -0.3 is 25.0 Å². The molecule has 2 aliphatic rings. The van der Waals surface area contributed by atoms with Crippen LogP contribution in [0.2, 0.25) is 0 Å². The van der Waals surface area contributed by atoms with E-state index < -0.39 is 5.41 Å². The van der Waals surface area contributed by atoms with E-state index in [4.69, 9.17) is 9.47 Å². The number of ether oxygens (including phenoxy) is 2. The van der Waals surface area contributed by atoms with Gasteiger partial charge in [0.25, 0.3) is 0 Å². The predicted octanol–water partition coefficient (Wildman–Crippen LogP) is 2.25. The van der Waals surface area contributed by atoms with Crippen LogP contribution in [0.15, 0.2) is 24.3 Å². The van der Waals surface area contributed by atoms with Crippen LogP contribution in [-0.4, -0.2) is 59.0 Å². The number of hydrogen-bond acceptors (Lipinski definition) is 5. The van der Waals surface area contributed by atoms with Gasteiger partial charge in [-0.25, -0.2) is 0 Å². The maximum Gasteiger partial charge on any atom is 0.228 e. The van der Waals surface area contributed by atoms with Gasteiger partial charge in [0.05, 0.1) is 24.8 Å². The summed E-state index contributed by atoms with van der Waals surface area (Å²) in [5, 5.41) is 6.61. The zero-order valence-corrected chi connectivity index (χ0v) is 17.7. The summed E-state index contributed by atoms with van der Waals surface area (Å²) in [6.07, 6.45) is 2.61. The summed E-state index contributed by atoms with van der Waals surface area (Å²) in [7, 11) is 3.37. The quantitative estimate of drug-likeness (QED) is 0.739. The number of benzene rings is 1. The molecular formula is C19H31Cl2N3O3. The number of rotatable bonds is 6. The van der Waals surface area contributed by atoms with E-state index in [0.29, 0.717) is 6.61 Å². The fraction of sp³-hybridized carbons (Fsp3) is 0.632. The second-order valence-corrected chi connectivity index (χ2v) is 7.04.